The number of nitrogens with zero attached hydrogens (tertiary/aromatic N) is 2. The lowest BCUT2D eigenvalue weighted by Crippen LogP contribution is -2.19. The summed E-state index contributed by atoms with van der Waals surface area (Å²) in [6.45, 7) is 2.22. The number of nitrogens with one attached hydrogen (secondary N) is 2. The normalized spacial score (nSPS) is 12.7. The number of carbonyl (C=O) groups is 1. The maximum atomic E-state index is 12.5. The predicted molar refractivity (Wildman–Crippen MR) is 92.6 cm³/mol. The second-order valence-corrected chi connectivity index (χ2v) is 5.30. The van der Waals surface area contributed by atoms with Gasteiger partial charge in [-0.1, -0.05) is 6.07 Å². The Labute approximate surface area is 141 Å². The van der Waals surface area contributed by atoms with Gasteiger partial charge in [0.25, 0.3) is 5.91 Å². The Hall–Kier alpha value is -2.05. The van der Waals surface area contributed by atoms with E-state index in [1.165, 1.54) is 0 Å². The standard InChI is InChI=1S/C16H20N4O2.ClH/c1-22-9-8-20-11-12(10-18-20)19-16(21)14-4-2-6-15-13(14)5-3-7-17-15;/h2,4,6,10-11,17H,3,5,7-9H2,1H3,(H,19,21);1H. The van der Waals surface area contributed by atoms with E-state index in [0.717, 1.165) is 36.2 Å². The SMILES string of the molecule is COCCn1cc(NC(=O)c2cccc3c2CCCN3)cn1.Cl. The molecule has 0 unspecified atom stereocenters. The molecule has 2 N–H and O–H groups in total. The predicted octanol–water partition coefficient (Wildman–Crippen LogP) is 2.56. The van der Waals surface area contributed by atoms with Crippen LogP contribution in [0.25, 0.3) is 0 Å². The van der Waals surface area contributed by atoms with E-state index in [4.69, 9.17) is 4.74 Å². The lowest BCUT2D eigenvalue weighted by Gasteiger charge is -2.20. The van der Waals surface area contributed by atoms with Crippen LogP contribution in [0.1, 0.15) is 22.3 Å². The van der Waals surface area contributed by atoms with Gasteiger partial charge in [-0.15, -0.1) is 12.4 Å². The molecule has 2 heterocycles. The van der Waals surface area contributed by atoms with Crippen LogP contribution in [0.4, 0.5) is 11.4 Å². The molecule has 7 heteroatoms. The van der Waals surface area contributed by atoms with Gasteiger partial charge in [-0.05, 0) is 30.5 Å². The fourth-order valence-electron chi connectivity index (χ4n) is 2.66. The molecule has 0 bridgehead atoms. The van der Waals surface area contributed by atoms with Gasteiger partial charge >= 0.3 is 0 Å². The minimum Gasteiger partial charge on any atom is -0.385 e. The summed E-state index contributed by atoms with van der Waals surface area (Å²) in [7, 11) is 1.65. The van der Waals surface area contributed by atoms with Crippen LogP contribution in [0.15, 0.2) is 30.6 Å². The Morgan fingerprint density at radius 1 is 1.48 bits per heavy atom. The van der Waals surface area contributed by atoms with Crippen LogP contribution in [0.3, 0.4) is 0 Å². The van der Waals surface area contributed by atoms with E-state index < -0.39 is 0 Å². The second-order valence-electron chi connectivity index (χ2n) is 5.30. The molecule has 1 aliphatic heterocycles. The third-order valence-electron chi connectivity index (χ3n) is 3.76. The maximum absolute atomic E-state index is 12.5. The molecule has 0 aliphatic carbocycles. The number of fused-ring (bicyclic) bond motifs is 1. The number of anilines is 2. The zero-order valence-corrected chi connectivity index (χ0v) is 13.9. The van der Waals surface area contributed by atoms with E-state index in [9.17, 15) is 4.79 Å². The first kappa shape index (κ1) is 17.3. The van der Waals surface area contributed by atoms with Gasteiger partial charge in [0.2, 0.25) is 0 Å². The summed E-state index contributed by atoms with van der Waals surface area (Å²) in [6, 6.07) is 5.80. The molecule has 1 amide bonds. The smallest absolute Gasteiger partial charge is 0.256 e. The van der Waals surface area contributed by atoms with Crippen LogP contribution in [0.2, 0.25) is 0 Å². The molecule has 0 fully saturated rings. The molecule has 3 rings (SSSR count). The van der Waals surface area contributed by atoms with Crippen molar-refractivity contribution in [1.29, 1.82) is 0 Å². The number of methoxy groups -OCH3 is 1. The molecule has 0 saturated carbocycles. The number of rotatable bonds is 5. The summed E-state index contributed by atoms with van der Waals surface area (Å²) >= 11 is 0. The van der Waals surface area contributed by atoms with Crippen LogP contribution in [0, 0.1) is 0 Å². The number of ether oxygens (including phenoxy) is 1. The van der Waals surface area contributed by atoms with E-state index in [-0.39, 0.29) is 18.3 Å². The van der Waals surface area contributed by atoms with Gasteiger partial charge in [-0.25, -0.2) is 0 Å². The van der Waals surface area contributed by atoms with E-state index in [1.807, 2.05) is 24.4 Å². The van der Waals surface area contributed by atoms with Crippen molar-refractivity contribution >= 4 is 29.7 Å². The average molecular weight is 337 g/mol. The molecule has 2 aromatic rings. The Bertz CT molecular complexity index is 672. The molecule has 0 saturated heterocycles. The van der Waals surface area contributed by atoms with Gasteiger partial charge in [-0.2, -0.15) is 5.10 Å². The summed E-state index contributed by atoms with van der Waals surface area (Å²) in [5.74, 6) is -0.0909. The van der Waals surface area contributed by atoms with Gasteiger partial charge in [0.05, 0.1) is 25.0 Å². The van der Waals surface area contributed by atoms with E-state index in [1.54, 1.807) is 18.0 Å². The Balaban J connectivity index is 0.00000192. The van der Waals surface area contributed by atoms with Gasteiger partial charge in [0.15, 0.2) is 0 Å². The lowest BCUT2D eigenvalue weighted by atomic mass is 9.97. The molecule has 0 radical (unpaired) electrons. The van der Waals surface area contributed by atoms with Crippen molar-refractivity contribution in [2.24, 2.45) is 0 Å². The molecule has 0 atom stereocenters. The summed E-state index contributed by atoms with van der Waals surface area (Å²) in [4.78, 5) is 12.5. The Morgan fingerprint density at radius 3 is 3.17 bits per heavy atom. The Kier molecular flexibility index (Phi) is 6.01. The minimum absolute atomic E-state index is 0. The van der Waals surface area contributed by atoms with Crippen LogP contribution >= 0.6 is 12.4 Å². The van der Waals surface area contributed by atoms with E-state index in [2.05, 4.69) is 15.7 Å². The minimum atomic E-state index is -0.0909. The second kappa shape index (κ2) is 7.99. The highest BCUT2D eigenvalue weighted by Gasteiger charge is 2.17. The highest BCUT2D eigenvalue weighted by atomic mass is 35.5. The summed E-state index contributed by atoms with van der Waals surface area (Å²) < 4.78 is 6.76. The number of benzene rings is 1. The van der Waals surface area contributed by atoms with Crippen molar-refractivity contribution < 1.29 is 9.53 Å². The number of carbonyl (C=O) groups excluding carboxylic acids is 1. The van der Waals surface area contributed by atoms with Crippen LogP contribution in [-0.4, -0.2) is 35.9 Å². The first-order valence-corrected chi connectivity index (χ1v) is 7.46. The Morgan fingerprint density at radius 2 is 2.35 bits per heavy atom. The zero-order chi connectivity index (χ0) is 15.4. The zero-order valence-electron chi connectivity index (χ0n) is 13.0. The number of hydrogen-bond acceptors (Lipinski definition) is 4. The van der Waals surface area contributed by atoms with Crippen molar-refractivity contribution in [2.45, 2.75) is 19.4 Å². The molecular formula is C16H21ClN4O2. The highest BCUT2D eigenvalue weighted by Crippen LogP contribution is 2.25. The van der Waals surface area contributed by atoms with Crippen molar-refractivity contribution in [1.82, 2.24) is 9.78 Å². The first-order chi connectivity index (χ1) is 10.8. The number of aromatic nitrogens is 2. The monoisotopic (exact) mass is 336 g/mol. The van der Waals surface area contributed by atoms with Gasteiger partial charge < -0.3 is 15.4 Å². The average Bonchev–Trinajstić information content (AvgIpc) is 2.99. The van der Waals surface area contributed by atoms with Crippen LogP contribution < -0.4 is 10.6 Å². The highest BCUT2D eigenvalue weighted by molar-refractivity contribution is 6.06. The fraction of sp³-hybridized carbons (Fsp3) is 0.375. The largest absolute Gasteiger partial charge is 0.385 e. The van der Waals surface area contributed by atoms with Crippen LogP contribution in [0.5, 0.6) is 0 Å². The third-order valence-corrected chi connectivity index (χ3v) is 3.76. The quantitative estimate of drug-likeness (QED) is 0.880. The molecule has 1 aromatic heterocycles. The summed E-state index contributed by atoms with van der Waals surface area (Å²) in [6.07, 6.45) is 5.44. The lowest BCUT2D eigenvalue weighted by molar-refractivity contribution is 0.102. The summed E-state index contributed by atoms with van der Waals surface area (Å²) in [5.41, 5.74) is 3.59. The van der Waals surface area contributed by atoms with Crippen molar-refractivity contribution in [2.75, 3.05) is 30.9 Å². The van der Waals surface area contributed by atoms with Crippen LogP contribution in [-0.2, 0) is 17.7 Å². The number of halogens is 1. The molecule has 0 spiro atoms. The maximum Gasteiger partial charge on any atom is 0.256 e. The molecule has 124 valence electrons. The first-order valence-electron chi connectivity index (χ1n) is 7.46. The van der Waals surface area contributed by atoms with E-state index >= 15 is 0 Å². The van der Waals surface area contributed by atoms with Crippen molar-refractivity contribution in [3.05, 3.63) is 41.7 Å². The number of hydrogen-bond donors (Lipinski definition) is 2. The molecule has 23 heavy (non-hydrogen) atoms. The molecular weight excluding hydrogens is 316 g/mol. The molecule has 6 nitrogen and oxygen atoms in total. The fourth-order valence-corrected chi connectivity index (χ4v) is 2.66. The summed E-state index contributed by atoms with van der Waals surface area (Å²) in [5, 5.41) is 10.5. The molecule has 1 aromatic carbocycles. The van der Waals surface area contributed by atoms with Crippen molar-refractivity contribution in [3.63, 3.8) is 0 Å². The van der Waals surface area contributed by atoms with Crippen molar-refractivity contribution in [3.8, 4) is 0 Å². The third kappa shape index (κ3) is 4.03. The van der Waals surface area contributed by atoms with Gasteiger partial charge in [-0.3, -0.25) is 9.48 Å². The van der Waals surface area contributed by atoms with Gasteiger partial charge in [0, 0.05) is 31.1 Å². The van der Waals surface area contributed by atoms with E-state index in [0.29, 0.717) is 18.8 Å². The molecule has 1 aliphatic rings. The van der Waals surface area contributed by atoms with Gasteiger partial charge in [0.1, 0.15) is 0 Å². The number of amides is 1. The topological polar surface area (TPSA) is 68.2 Å².